The molecule has 0 saturated heterocycles. The molecule has 0 amide bonds. The van der Waals surface area contributed by atoms with Gasteiger partial charge in [-0.2, -0.15) is 0 Å². The monoisotopic (exact) mass is 239 g/mol. The maximum absolute atomic E-state index is 11.4. The minimum absolute atomic E-state index is 0.164. The number of carbonyl (C=O) groups excluding carboxylic acids is 1. The number of hydrogen-bond acceptors (Lipinski definition) is 4. The van der Waals surface area contributed by atoms with Crippen molar-refractivity contribution in [2.75, 3.05) is 7.11 Å². The normalized spacial score (nSPS) is 11.3. The summed E-state index contributed by atoms with van der Waals surface area (Å²) in [6, 6.07) is 3.62. The fraction of sp³-hybridized carbons (Fsp3) is 0.455. The molecule has 1 N–H and O–H groups in total. The lowest BCUT2D eigenvalue weighted by Crippen LogP contribution is -2.38. The summed E-state index contributed by atoms with van der Waals surface area (Å²) in [5, 5.41) is 10.2. The molecule has 0 bridgehead atoms. The number of methoxy groups -OCH3 is 1. The summed E-state index contributed by atoms with van der Waals surface area (Å²) in [6.07, 6.45) is 0. The number of rotatable bonds is 3. The maximum atomic E-state index is 11.4. The summed E-state index contributed by atoms with van der Waals surface area (Å²) in [5.74, 6) is -0.463. The van der Waals surface area contributed by atoms with Crippen LogP contribution in [0, 0.1) is 0 Å². The predicted molar refractivity (Wildman–Crippen MR) is 64.5 cm³/mol. The number of aromatic nitrogens is 1. The number of aliphatic hydroxyl groups excluding tert-OH is 1. The molecule has 0 saturated carbocycles. The zero-order chi connectivity index (χ0) is 12.3. The molecule has 0 aliphatic heterocycles. The van der Waals surface area contributed by atoms with Gasteiger partial charge in [0.05, 0.1) is 27.5 Å². The van der Waals surface area contributed by atoms with E-state index in [2.05, 4.69) is 29.4 Å². The Labute approximate surface area is 96.3 Å². The van der Waals surface area contributed by atoms with Crippen LogP contribution in [-0.2, 0) is 11.3 Å². The van der Waals surface area contributed by atoms with E-state index in [9.17, 15) is 4.79 Å². The Morgan fingerprint density at radius 2 is 2.06 bits per heavy atom. The third-order valence-electron chi connectivity index (χ3n) is 2.30. The van der Waals surface area contributed by atoms with Crippen LogP contribution in [0.15, 0.2) is 12.1 Å². The standard InChI is InChI=1S/C11H17NO3Si/c1-15-11(14)10-6-9(16(2,3)4)5-8(7-13)12-10/h5-6,13H,7H2,1-4H3. The summed E-state index contributed by atoms with van der Waals surface area (Å²) >= 11 is 0. The first-order valence-electron chi connectivity index (χ1n) is 5.09. The van der Waals surface area contributed by atoms with Crippen molar-refractivity contribution in [2.24, 2.45) is 0 Å². The molecule has 1 rings (SSSR count). The average Bonchev–Trinajstić information content (AvgIpc) is 2.26. The number of pyridine rings is 1. The van der Waals surface area contributed by atoms with Crippen LogP contribution in [0.3, 0.4) is 0 Å². The van der Waals surface area contributed by atoms with Gasteiger partial charge >= 0.3 is 5.97 Å². The fourth-order valence-electron chi connectivity index (χ4n) is 1.31. The lowest BCUT2D eigenvalue weighted by Gasteiger charge is -2.17. The molecule has 1 aromatic rings. The van der Waals surface area contributed by atoms with Crippen LogP contribution in [0.25, 0.3) is 0 Å². The number of ether oxygens (including phenoxy) is 1. The van der Waals surface area contributed by atoms with Gasteiger partial charge in [-0.25, -0.2) is 9.78 Å². The molecule has 0 fully saturated rings. The Morgan fingerprint density at radius 3 is 2.50 bits per heavy atom. The minimum Gasteiger partial charge on any atom is -0.464 e. The molecule has 0 aliphatic rings. The van der Waals surface area contributed by atoms with E-state index < -0.39 is 14.0 Å². The number of aliphatic hydroxyl groups is 1. The van der Waals surface area contributed by atoms with Crippen LogP contribution < -0.4 is 5.19 Å². The third kappa shape index (κ3) is 2.90. The van der Waals surface area contributed by atoms with Gasteiger partial charge < -0.3 is 9.84 Å². The van der Waals surface area contributed by atoms with Crippen molar-refractivity contribution in [1.29, 1.82) is 0 Å². The first-order valence-corrected chi connectivity index (χ1v) is 8.59. The Morgan fingerprint density at radius 1 is 1.44 bits per heavy atom. The summed E-state index contributed by atoms with van der Waals surface area (Å²) in [5.41, 5.74) is 0.784. The molecule has 0 aromatic carbocycles. The van der Waals surface area contributed by atoms with Crippen LogP contribution in [0.5, 0.6) is 0 Å². The van der Waals surface area contributed by atoms with Crippen molar-refractivity contribution in [3.63, 3.8) is 0 Å². The first-order chi connectivity index (χ1) is 7.38. The largest absolute Gasteiger partial charge is 0.464 e. The second-order valence-electron chi connectivity index (χ2n) is 4.63. The molecule has 4 nitrogen and oxygen atoms in total. The lowest BCUT2D eigenvalue weighted by molar-refractivity contribution is 0.0593. The molecular weight excluding hydrogens is 222 g/mol. The van der Waals surface area contributed by atoms with E-state index >= 15 is 0 Å². The first kappa shape index (κ1) is 12.9. The van der Waals surface area contributed by atoms with Gasteiger partial charge in [-0.05, 0) is 12.1 Å². The number of esters is 1. The Hall–Kier alpha value is -1.20. The van der Waals surface area contributed by atoms with Crippen LogP contribution >= 0.6 is 0 Å². The second kappa shape index (κ2) is 4.76. The van der Waals surface area contributed by atoms with Crippen LogP contribution in [0.2, 0.25) is 19.6 Å². The van der Waals surface area contributed by atoms with E-state index in [1.807, 2.05) is 6.07 Å². The van der Waals surface area contributed by atoms with E-state index in [0.717, 1.165) is 5.19 Å². The molecule has 88 valence electrons. The Balaban J connectivity index is 3.27. The van der Waals surface area contributed by atoms with Crippen molar-refractivity contribution < 1.29 is 14.6 Å². The second-order valence-corrected chi connectivity index (χ2v) is 9.71. The van der Waals surface area contributed by atoms with Crippen LogP contribution in [0.1, 0.15) is 16.2 Å². The average molecular weight is 239 g/mol. The van der Waals surface area contributed by atoms with Gasteiger partial charge in [0.2, 0.25) is 0 Å². The quantitative estimate of drug-likeness (QED) is 0.629. The zero-order valence-electron chi connectivity index (χ0n) is 10.1. The van der Waals surface area contributed by atoms with E-state index in [1.165, 1.54) is 7.11 Å². The minimum atomic E-state index is -1.53. The molecule has 1 heterocycles. The molecule has 5 heteroatoms. The number of carbonyl (C=O) groups is 1. The Kier molecular flexibility index (Phi) is 3.82. The van der Waals surface area contributed by atoms with Gasteiger partial charge in [0.1, 0.15) is 5.69 Å². The van der Waals surface area contributed by atoms with E-state index in [0.29, 0.717) is 5.69 Å². The highest BCUT2D eigenvalue weighted by Crippen LogP contribution is 2.07. The van der Waals surface area contributed by atoms with Crippen molar-refractivity contribution in [3.05, 3.63) is 23.5 Å². The zero-order valence-corrected chi connectivity index (χ0v) is 11.1. The van der Waals surface area contributed by atoms with Gasteiger partial charge in [-0.3, -0.25) is 0 Å². The van der Waals surface area contributed by atoms with Gasteiger partial charge in [0.15, 0.2) is 0 Å². The van der Waals surface area contributed by atoms with Gasteiger partial charge in [0, 0.05) is 0 Å². The highest BCUT2D eigenvalue weighted by Gasteiger charge is 2.20. The number of hydrogen-bond donors (Lipinski definition) is 1. The molecule has 0 spiro atoms. The van der Waals surface area contributed by atoms with Crippen molar-refractivity contribution >= 4 is 19.2 Å². The van der Waals surface area contributed by atoms with Gasteiger partial charge in [-0.15, -0.1) is 0 Å². The summed E-state index contributed by atoms with van der Waals surface area (Å²) in [4.78, 5) is 15.4. The van der Waals surface area contributed by atoms with E-state index in [1.54, 1.807) is 6.07 Å². The molecule has 1 aromatic heterocycles. The highest BCUT2D eigenvalue weighted by atomic mass is 28.3. The van der Waals surface area contributed by atoms with Gasteiger partial charge in [0.25, 0.3) is 0 Å². The van der Waals surface area contributed by atoms with Crippen molar-refractivity contribution in [2.45, 2.75) is 26.2 Å². The maximum Gasteiger partial charge on any atom is 0.356 e. The predicted octanol–water partition coefficient (Wildman–Crippen LogP) is 0.906. The summed E-state index contributed by atoms with van der Waals surface area (Å²) < 4.78 is 4.64. The summed E-state index contributed by atoms with van der Waals surface area (Å²) in [7, 11) is -0.207. The molecule has 0 atom stereocenters. The highest BCUT2D eigenvalue weighted by molar-refractivity contribution is 6.88. The van der Waals surface area contributed by atoms with Crippen molar-refractivity contribution in [3.8, 4) is 0 Å². The SMILES string of the molecule is COC(=O)c1cc([Si](C)(C)C)cc(CO)n1. The topological polar surface area (TPSA) is 59.4 Å². The molecule has 0 unspecified atom stereocenters. The lowest BCUT2D eigenvalue weighted by atomic mass is 10.3. The number of nitrogens with zero attached hydrogens (tertiary/aromatic N) is 1. The molecular formula is C11H17NO3Si. The van der Waals surface area contributed by atoms with Crippen LogP contribution in [0.4, 0.5) is 0 Å². The third-order valence-corrected chi connectivity index (χ3v) is 4.32. The molecule has 0 aliphatic carbocycles. The Bertz CT molecular complexity index is 399. The summed E-state index contributed by atoms with van der Waals surface area (Å²) in [6.45, 7) is 6.35. The van der Waals surface area contributed by atoms with Crippen LogP contribution in [-0.4, -0.2) is 31.2 Å². The van der Waals surface area contributed by atoms with E-state index in [-0.39, 0.29) is 12.3 Å². The molecule has 0 radical (unpaired) electrons. The van der Waals surface area contributed by atoms with E-state index in [4.69, 9.17) is 5.11 Å². The smallest absolute Gasteiger partial charge is 0.356 e. The fourth-order valence-corrected chi connectivity index (χ4v) is 2.48. The van der Waals surface area contributed by atoms with Gasteiger partial charge in [-0.1, -0.05) is 24.8 Å². The van der Waals surface area contributed by atoms with Crippen molar-refractivity contribution in [1.82, 2.24) is 4.98 Å². The molecule has 16 heavy (non-hydrogen) atoms.